The summed E-state index contributed by atoms with van der Waals surface area (Å²) >= 11 is 3.49. The molecule has 21 heavy (non-hydrogen) atoms. The molecule has 1 unspecified atom stereocenters. The number of nitrogens with one attached hydrogen (secondary N) is 1. The summed E-state index contributed by atoms with van der Waals surface area (Å²) in [5.41, 5.74) is 1.36. The summed E-state index contributed by atoms with van der Waals surface area (Å²) in [5.74, 6) is 1.41. The lowest BCUT2D eigenvalue weighted by molar-refractivity contribution is 0.295. The SMILES string of the molecule is CCNCC(CCOc1ccccc1)c1ccc(Br)cc1. The number of hydrogen-bond donors (Lipinski definition) is 1. The van der Waals surface area contributed by atoms with Gasteiger partial charge in [0.25, 0.3) is 0 Å². The monoisotopic (exact) mass is 347 g/mol. The van der Waals surface area contributed by atoms with E-state index >= 15 is 0 Å². The molecule has 0 aliphatic rings. The maximum atomic E-state index is 5.82. The summed E-state index contributed by atoms with van der Waals surface area (Å²) < 4.78 is 6.94. The van der Waals surface area contributed by atoms with Crippen LogP contribution in [-0.2, 0) is 0 Å². The van der Waals surface area contributed by atoms with E-state index in [9.17, 15) is 0 Å². The van der Waals surface area contributed by atoms with Gasteiger partial charge in [-0.3, -0.25) is 0 Å². The molecule has 0 fully saturated rings. The Balaban J connectivity index is 1.91. The second-order valence-electron chi connectivity index (χ2n) is 5.01. The van der Waals surface area contributed by atoms with Crippen molar-refractivity contribution in [2.45, 2.75) is 19.3 Å². The molecule has 1 N–H and O–H groups in total. The van der Waals surface area contributed by atoms with E-state index < -0.39 is 0 Å². The summed E-state index contributed by atoms with van der Waals surface area (Å²) in [5, 5.41) is 3.44. The fourth-order valence-electron chi connectivity index (χ4n) is 2.28. The third kappa shape index (κ3) is 5.52. The molecule has 0 radical (unpaired) electrons. The zero-order valence-electron chi connectivity index (χ0n) is 12.4. The quantitative estimate of drug-likeness (QED) is 0.752. The van der Waals surface area contributed by atoms with E-state index in [1.165, 1.54) is 5.56 Å². The molecular formula is C18H22BrNO. The predicted octanol–water partition coefficient (Wildman–Crippen LogP) is 4.61. The Kier molecular flexibility index (Phi) is 6.77. The molecule has 0 spiro atoms. The van der Waals surface area contributed by atoms with Crippen LogP contribution in [0.25, 0.3) is 0 Å². The number of likely N-dealkylation sites (N-methyl/N-ethyl adjacent to an activating group) is 1. The lowest BCUT2D eigenvalue weighted by atomic mass is 9.96. The predicted molar refractivity (Wildman–Crippen MR) is 92.0 cm³/mol. The first kappa shape index (κ1) is 16.1. The second kappa shape index (κ2) is 8.85. The normalized spacial score (nSPS) is 12.1. The van der Waals surface area contributed by atoms with E-state index in [0.29, 0.717) is 5.92 Å². The highest BCUT2D eigenvalue weighted by atomic mass is 79.9. The van der Waals surface area contributed by atoms with Crippen molar-refractivity contribution in [1.29, 1.82) is 0 Å². The Morgan fingerprint density at radius 3 is 2.43 bits per heavy atom. The van der Waals surface area contributed by atoms with Crippen molar-refractivity contribution in [3.8, 4) is 5.75 Å². The standard InChI is InChI=1S/C18H22BrNO/c1-2-20-14-16(15-8-10-17(19)11-9-15)12-13-21-18-6-4-3-5-7-18/h3-11,16,20H,2,12-14H2,1H3. The molecule has 0 saturated carbocycles. The van der Waals surface area contributed by atoms with Crippen LogP contribution in [0.3, 0.4) is 0 Å². The van der Waals surface area contributed by atoms with Gasteiger partial charge in [0.1, 0.15) is 5.75 Å². The smallest absolute Gasteiger partial charge is 0.119 e. The molecule has 3 heteroatoms. The minimum absolute atomic E-state index is 0.474. The second-order valence-corrected chi connectivity index (χ2v) is 5.92. The van der Waals surface area contributed by atoms with E-state index in [1.807, 2.05) is 30.3 Å². The minimum Gasteiger partial charge on any atom is -0.494 e. The summed E-state index contributed by atoms with van der Waals surface area (Å²) in [6, 6.07) is 18.6. The maximum absolute atomic E-state index is 5.82. The Morgan fingerprint density at radius 2 is 1.76 bits per heavy atom. The average molecular weight is 348 g/mol. The molecule has 2 aromatic rings. The highest BCUT2D eigenvalue weighted by Crippen LogP contribution is 2.22. The zero-order chi connectivity index (χ0) is 14.9. The van der Waals surface area contributed by atoms with Crippen molar-refractivity contribution in [1.82, 2.24) is 5.32 Å². The summed E-state index contributed by atoms with van der Waals surface area (Å²) in [6.07, 6.45) is 1.00. The van der Waals surface area contributed by atoms with Crippen LogP contribution in [0.5, 0.6) is 5.75 Å². The first-order valence-electron chi connectivity index (χ1n) is 7.43. The van der Waals surface area contributed by atoms with Gasteiger partial charge in [-0.2, -0.15) is 0 Å². The van der Waals surface area contributed by atoms with Gasteiger partial charge in [0.2, 0.25) is 0 Å². The molecule has 2 aromatic carbocycles. The van der Waals surface area contributed by atoms with Gasteiger partial charge in [-0.15, -0.1) is 0 Å². The zero-order valence-corrected chi connectivity index (χ0v) is 14.0. The highest BCUT2D eigenvalue weighted by molar-refractivity contribution is 9.10. The molecule has 0 amide bonds. The number of benzene rings is 2. The lowest BCUT2D eigenvalue weighted by Gasteiger charge is -2.18. The summed E-state index contributed by atoms with van der Waals surface area (Å²) in [7, 11) is 0. The number of hydrogen-bond acceptors (Lipinski definition) is 2. The van der Waals surface area contributed by atoms with Crippen molar-refractivity contribution < 1.29 is 4.74 Å². The van der Waals surface area contributed by atoms with Gasteiger partial charge in [-0.25, -0.2) is 0 Å². The minimum atomic E-state index is 0.474. The third-order valence-electron chi connectivity index (χ3n) is 3.46. The van der Waals surface area contributed by atoms with Gasteiger partial charge in [0.05, 0.1) is 6.61 Å². The largest absolute Gasteiger partial charge is 0.494 e. The lowest BCUT2D eigenvalue weighted by Crippen LogP contribution is -2.22. The van der Waals surface area contributed by atoms with Crippen LogP contribution in [0, 0.1) is 0 Å². The number of halogens is 1. The Morgan fingerprint density at radius 1 is 1.05 bits per heavy atom. The maximum Gasteiger partial charge on any atom is 0.119 e. The summed E-state index contributed by atoms with van der Waals surface area (Å²) in [4.78, 5) is 0. The molecule has 0 aromatic heterocycles. The number of para-hydroxylation sites is 1. The van der Waals surface area contributed by atoms with Crippen molar-refractivity contribution >= 4 is 15.9 Å². The van der Waals surface area contributed by atoms with Crippen LogP contribution in [0.2, 0.25) is 0 Å². The van der Waals surface area contributed by atoms with E-state index in [0.717, 1.165) is 36.3 Å². The van der Waals surface area contributed by atoms with Crippen molar-refractivity contribution in [3.05, 3.63) is 64.6 Å². The molecular weight excluding hydrogens is 326 g/mol. The topological polar surface area (TPSA) is 21.3 Å². The Labute approximate surface area is 135 Å². The molecule has 112 valence electrons. The van der Waals surface area contributed by atoms with Crippen molar-refractivity contribution in [2.75, 3.05) is 19.7 Å². The Hall–Kier alpha value is -1.32. The number of ether oxygens (including phenoxy) is 1. The van der Waals surface area contributed by atoms with Crippen molar-refractivity contribution in [2.24, 2.45) is 0 Å². The molecule has 0 aliphatic heterocycles. The van der Waals surface area contributed by atoms with Crippen LogP contribution in [0.15, 0.2) is 59.1 Å². The molecule has 1 atom stereocenters. The van der Waals surface area contributed by atoms with Crippen molar-refractivity contribution in [3.63, 3.8) is 0 Å². The molecule has 0 aliphatic carbocycles. The van der Waals surface area contributed by atoms with Gasteiger partial charge in [0, 0.05) is 11.0 Å². The van der Waals surface area contributed by atoms with Crippen LogP contribution < -0.4 is 10.1 Å². The fraction of sp³-hybridized carbons (Fsp3) is 0.333. The highest BCUT2D eigenvalue weighted by Gasteiger charge is 2.11. The summed E-state index contributed by atoms with van der Waals surface area (Å²) in [6.45, 7) is 4.85. The number of rotatable bonds is 8. The van der Waals surface area contributed by atoms with Crippen LogP contribution in [0.4, 0.5) is 0 Å². The van der Waals surface area contributed by atoms with Crippen LogP contribution in [0.1, 0.15) is 24.8 Å². The van der Waals surface area contributed by atoms with Gasteiger partial charge in [-0.1, -0.05) is 53.2 Å². The van der Waals surface area contributed by atoms with E-state index in [-0.39, 0.29) is 0 Å². The van der Waals surface area contributed by atoms with Gasteiger partial charge in [0.15, 0.2) is 0 Å². The average Bonchev–Trinajstić information content (AvgIpc) is 2.53. The van der Waals surface area contributed by atoms with E-state index in [1.54, 1.807) is 0 Å². The third-order valence-corrected chi connectivity index (χ3v) is 3.99. The van der Waals surface area contributed by atoms with Crippen LogP contribution in [-0.4, -0.2) is 19.7 Å². The molecule has 2 rings (SSSR count). The molecule has 2 nitrogen and oxygen atoms in total. The first-order chi connectivity index (χ1) is 10.3. The van der Waals surface area contributed by atoms with E-state index in [2.05, 4.69) is 52.4 Å². The molecule has 0 heterocycles. The van der Waals surface area contributed by atoms with Gasteiger partial charge in [-0.05, 0) is 48.7 Å². The van der Waals surface area contributed by atoms with Gasteiger partial charge >= 0.3 is 0 Å². The fourth-order valence-corrected chi connectivity index (χ4v) is 2.54. The molecule has 0 saturated heterocycles. The molecule has 0 bridgehead atoms. The van der Waals surface area contributed by atoms with E-state index in [4.69, 9.17) is 4.74 Å². The Bertz CT molecular complexity index is 513. The first-order valence-corrected chi connectivity index (χ1v) is 8.23. The van der Waals surface area contributed by atoms with Crippen LogP contribution >= 0.6 is 15.9 Å². The van der Waals surface area contributed by atoms with Gasteiger partial charge < -0.3 is 10.1 Å².